The monoisotopic (exact) mass is 334 g/mol. The second-order valence-corrected chi connectivity index (χ2v) is 6.00. The zero-order valence-corrected chi connectivity index (χ0v) is 14.1. The summed E-state index contributed by atoms with van der Waals surface area (Å²) in [6.07, 6.45) is 3.85. The van der Waals surface area contributed by atoms with Crippen molar-refractivity contribution in [1.29, 1.82) is 0 Å². The first-order valence-corrected chi connectivity index (χ1v) is 7.82. The molecule has 2 aromatic rings. The number of carbonyl (C=O) groups is 1. The molecule has 1 fully saturated rings. The Morgan fingerprint density at radius 3 is 2.52 bits per heavy atom. The first-order valence-electron chi connectivity index (χ1n) is 7.82. The number of nitrogens with two attached hydrogens (primary N) is 1. The van der Waals surface area contributed by atoms with E-state index in [1.54, 1.807) is 4.68 Å². The summed E-state index contributed by atoms with van der Waals surface area (Å²) in [7, 11) is 0. The third kappa shape index (κ3) is 4.12. The van der Waals surface area contributed by atoms with Gasteiger partial charge in [-0.15, -0.1) is 12.4 Å². The molecule has 23 heavy (non-hydrogen) atoms. The second kappa shape index (κ2) is 7.62. The Morgan fingerprint density at radius 1 is 1.22 bits per heavy atom. The quantitative estimate of drug-likeness (QED) is 0.906. The van der Waals surface area contributed by atoms with Crippen LogP contribution in [-0.4, -0.2) is 27.8 Å². The van der Waals surface area contributed by atoms with Crippen molar-refractivity contribution < 1.29 is 4.79 Å². The molecule has 1 saturated carbocycles. The number of halogens is 1. The van der Waals surface area contributed by atoms with Crippen LogP contribution in [0.25, 0.3) is 5.69 Å². The fraction of sp³-hybridized carbons (Fsp3) is 0.412. The maximum Gasteiger partial charge on any atom is 0.272 e. The van der Waals surface area contributed by atoms with E-state index in [9.17, 15) is 4.79 Å². The van der Waals surface area contributed by atoms with Crippen molar-refractivity contribution in [2.45, 2.75) is 44.7 Å². The number of hydrogen-bond acceptors (Lipinski definition) is 3. The maximum atomic E-state index is 12.4. The van der Waals surface area contributed by atoms with Crippen molar-refractivity contribution in [2.24, 2.45) is 5.73 Å². The number of nitrogens with one attached hydrogen (secondary N) is 1. The van der Waals surface area contributed by atoms with Gasteiger partial charge in [0.25, 0.3) is 5.91 Å². The average molecular weight is 335 g/mol. The fourth-order valence-electron chi connectivity index (χ4n) is 2.94. The molecule has 1 aliphatic carbocycles. The third-order valence-corrected chi connectivity index (χ3v) is 4.23. The smallest absolute Gasteiger partial charge is 0.272 e. The zero-order chi connectivity index (χ0) is 15.5. The van der Waals surface area contributed by atoms with Gasteiger partial charge < -0.3 is 11.1 Å². The van der Waals surface area contributed by atoms with Crippen molar-refractivity contribution >= 4 is 18.3 Å². The Balaban J connectivity index is 0.00000192. The van der Waals surface area contributed by atoms with E-state index in [-0.39, 0.29) is 30.4 Å². The van der Waals surface area contributed by atoms with E-state index in [0.717, 1.165) is 37.1 Å². The lowest BCUT2D eigenvalue weighted by molar-refractivity contribution is 0.0920. The summed E-state index contributed by atoms with van der Waals surface area (Å²) in [5, 5.41) is 7.52. The lowest BCUT2D eigenvalue weighted by Gasteiger charge is -2.26. The number of hydrogen-bond donors (Lipinski definition) is 2. The summed E-state index contributed by atoms with van der Waals surface area (Å²) >= 11 is 0. The maximum absolute atomic E-state index is 12.4. The second-order valence-electron chi connectivity index (χ2n) is 6.00. The van der Waals surface area contributed by atoms with E-state index in [0.29, 0.717) is 5.69 Å². The third-order valence-electron chi connectivity index (χ3n) is 4.23. The minimum atomic E-state index is -0.0988. The van der Waals surface area contributed by atoms with Gasteiger partial charge in [-0.05, 0) is 50.8 Å². The van der Waals surface area contributed by atoms with Crippen LogP contribution in [0.15, 0.2) is 36.4 Å². The van der Waals surface area contributed by atoms with Crippen LogP contribution < -0.4 is 11.1 Å². The molecule has 3 rings (SSSR count). The summed E-state index contributed by atoms with van der Waals surface area (Å²) < 4.78 is 1.80. The molecule has 0 atom stereocenters. The highest BCUT2D eigenvalue weighted by molar-refractivity contribution is 5.92. The van der Waals surface area contributed by atoms with Crippen LogP contribution in [0.2, 0.25) is 0 Å². The van der Waals surface area contributed by atoms with Crippen molar-refractivity contribution in [1.82, 2.24) is 15.1 Å². The molecule has 0 saturated heterocycles. The van der Waals surface area contributed by atoms with Crippen LogP contribution in [0, 0.1) is 6.92 Å². The average Bonchev–Trinajstić information content (AvgIpc) is 2.92. The summed E-state index contributed by atoms with van der Waals surface area (Å²) in [6.45, 7) is 1.95. The molecule has 5 nitrogen and oxygen atoms in total. The number of amides is 1. The van der Waals surface area contributed by atoms with Crippen LogP contribution >= 0.6 is 12.4 Å². The van der Waals surface area contributed by atoms with Crippen LogP contribution in [0.1, 0.15) is 41.9 Å². The standard InChI is InChI=1S/C17H22N4O.ClH/c1-12-11-16(20-21(12)15-5-3-2-4-6-15)17(22)19-14-9-7-13(18)8-10-14;/h2-6,11,13-14H,7-10,18H2,1H3,(H,19,22);1H. The van der Waals surface area contributed by atoms with Crippen LogP contribution in [0.3, 0.4) is 0 Å². The molecule has 0 bridgehead atoms. The minimum Gasteiger partial charge on any atom is -0.348 e. The van der Waals surface area contributed by atoms with Gasteiger partial charge in [0.1, 0.15) is 0 Å². The van der Waals surface area contributed by atoms with Gasteiger partial charge in [-0.3, -0.25) is 4.79 Å². The molecule has 1 aromatic heterocycles. The summed E-state index contributed by atoms with van der Waals surface area (Å²) in [4.78, 5) is 12.4. The van der Waals surface area contributed by atoms with Crippen LogP contribution in [0.5, 0.6) is 0 Å². The molecule has 0 spiro atoms. The largest absolute Gasteiger partial charge is 0.348 e. The van der Waals surface area contributed by atoms with Gasteiger partial charge in [0.2, 0.25) is 0 Å². The predicted molar refractivity (Wildman–Crippen MR) is 93.2 cm³/mol. The predicted octanol–water partition coefficient (Wildman–Crippen LogP) is 2.60. The molecule has 1 aliphatic rings. The van der Waals surface area contributed by atoms with Crippen molar-refractivity contribution in [3.8, 4) is 5.69 Å². The Bertz CT molecular complexity index is 648. The fourth-order valence-corrected chi connectivity index (χ4v) is 2.94. The van der Waals surface area contributed by atoms with E-state index in [1.165, 1.54) is 0 Å². The first kappa shape index (κ1) is 17.5. The summed E-state index contributed by atoms with van der Waals surface area (Å²) in [6, 6.07) is 12.2. The number of carbonyl (C=O) groups excluding carboxylic acids is 1. The molecule has 6 heteroatoms. The Labute approximate surface area is 142 Å². The summed E-state index contributed by atoms with van der Waals surface area (Å²) in [5.41, 5.74) is 8.27. The van der Waals surface area contributed by atoms with Gasteiger partial charge in [0, 0.05) is 17.8 Å². The van der Waals surface area contributed by atoms with Gasteiger partial charge in [0.05, 0.1) is 5.69 Å². The number of para-hydroxylation sites is 1. The normalized spacial score (nSPS) is 20.6. The Hall–Kier alpha value is -1.85. The number of aromatic nitrogens is 2. The topological polar surface area (TPSA) is 72.9 Å². The number of nitrogens with zero attached hydrogens (tertiary/aromatic N) is 2. The molecule has 1 heterocycles. The van der Waals surface area contributed by atoms with Gasteiger partial charge in [-0.25, -0.2) is 4.68 Å². The van der Waals surface area contributed by atoms with E-state index in [4.69, 9.17) is 5.73 Å². The molecule has 0 radical (unpaired) electrons. The van der Waals surface area contributed by atoms with E-state index < -0.39 is 0 Å². The number of rotatable bonds is 3. The van der Waals surface area contributed by atoms with Gasteiger partial charge >= 0.3 is 0 Å². The highest BCUT2D eigenvalue weighted by Gasteiger charge is 2.22. The molecular formula is C17H23ClN4O. The van der Waals surface area contributed by atoms with E-state index >= 15 is 0 Å². The number of aryl methyl sites for hydroxylation is 1. The van der Waals surface area contributed by atoms with Gasteiger partial charge in [0.15, 0.2) is 5.69 Å². The summed E-state index contributed by atoms with van der Waals surface area (Å²) in [5.74, 6) is -0.0988. The highest BCUT2D eigenvalue weighted by atomic mass is 35.5. The Kier molecular flexibility index (Phi) is 5.80. The van der Waals surface area contributed by atoms with E-state index in [1.807, 2.05) is 43.3 Å². The first-order chi connectivity index (χ1) is 10.6. The molecular weight excluding hydrogens is 312 g/mol. The molecule has 1 aromatic carbocycles. The van der Waals surface area contributed by atoms with E-state index in [2.05, 4.69) is 10.4 Å². The SMILES string of the molecule is Cc1cc(C(=O)NC2CCC(N)CC2)nn1-c1ccccc1.Cl. The molecule has 0 aliphatic heterocycles. The highest BCUT2D eigenvalue weighted by Crippen LogP contribution is 2.18. The van der Waals surface area contributed by atoms with Gasteiger partial charge in [-0.1, -0.05) is 18.2 Å². The zero-order valence-electron chi connectivity index (χ0n) is 13.2. The lowest BCUT2D eigenvalue weighted by atomic mass is 9.92. The van der Waals surface area contributed by atoms with Crippen LogP contribution in [0.4, 0.5) is 0 Å². The Morgan fingerprint density at radius 2 is 1.87 bits per heavy atom. The molecule has 0 unspecified atom stereocenters. The van der Waals surface area contributed by atoms with Crippen molar-refractivity contribution in [3.63, 3.8) is 0 Å². The lowest BCUT2D eigenvalue weighted by Crippen LogP contribution is -2.40. The molecule has 3 N–H and O–H groups in total. The number of benzene rings is 1. The van der Waals surface area contributed by atoms with Crippen molar-refractivity contribution in [2.75, 3.05) is 0 Å². The van der Waals surface area contributed by atoms with Crippen LogP contribution in [-0.2, 0) is 0 Å². The van der Waals surface area contributed by atoms with Crippen molar-refractivity contribution in [3.05, 3.63) is 47.8 Å². The molecule has 1 amide bonds. The minimum absolute atomic E-state index is 0. The van der Waals surface area contributed by atoms with Gasteiger partial charge in [-0.2, -0.15) is 5.10 Å². The molecule has 124 valence electrons.